The van der Waals surface area contributed by atoms with Gasteiger partial charge in [0.1, 0.15) is 0 Å². The molecular formula is C18H26ClN3O2. The number of halogens is 1. The highest BCUT2D eigenvalue weighted by molar-refractivity contribution is 6.33. The molecule has 1 aromatic carbocycles. The molecule has 0 radical (unpaired) electrons. The van der Waals surface area contributed by atoms with E-state index in [2.05, 4.69) is 17.1 Å². The van der Waals surface area contributed by atoms with Gasteiger partial charge in [-0.1, -0.05) is 31.4 Å². The topological polar surface area (TPSA) is 52.7 Å². The summed E-state index contributed by atoms with van der Waals surface area (Å²) in [6, 6.07) is 5.62. The molecule has 2 amide bonds. The van der Waals surface area contributed by atoms with E-state index in [1.165, 1.54) is 0 Å². The van der Waals surface area contributed by atoms with Crippen LogP contribution < -0.4 is 10.2 Å². The molecular weight excluding hydrogens is 326 g/mol. The number of hydrogen-bond acceptors (Lipinski definition) is 3. The number of piperazine rings is 1. The molecule has 132 valence electrons. The molecule has 0 aromatic heterocycles. The average Bonchev–Trinajstić information content (AvgIpc) is 2.55. The van der Waals surface area contributed by atoms with Gasteiger partial charge in [-0.3, -0.25) is 9.59 Å². The highest BCUT2D eigenvalue weighted by Gasteiger charge is 2.20. The number of rotatable bonds is 6. The van der Waals surface area contributed by atoms with Gasteiger partial charge in [-0.2, -0.15) is 0 Å². The van der Waals surface area contributed by atoms with Gasteiger partial charge in [0.15, 0.2) is 0 Å². The van der Waals surface area contributed by atoms with E-state index < -0.39 is 0 Å². The lowest BCUT2D eigenvalue weighted by Crippen LogP contribution is -2.48. The molecule has 24 heavy (non-hydrogen) atoms. The number of carbonyl (C=O) groups is 2. The van der Waals surface area contributed by atoms with Crippen LogP contribution in [-0.2, 0) is 9.59 Å². The van der Waals surface area contributed by atoms with E-state index in [4.69, 9.17) is 11.6 Å². The molecule has 1 aliphatic rings. The molecule has 5 nitrogen and oxygen atoms in total. The Morgan fingerprint density at radius 2 is 1.88 bits per heavy atom. The molecule has 1 N–H and O–H groups in total. The third kappa shape index (κ3) is 5.13. The highest BCUT2D eigenvalue weighted by atomic mass is 35.5. The number of anilines is 2. The van der Waals surface area contributed by atoms with Crippen molar-refractivity contribution in [2.24, 2.45) is 0 Å². The molecule has 1 fully saturated rings. The molecule has 1 aromatic rings. The fraction of sp³-hybridized carbons (Fsp3) is 0.556. The third-order valence-corrected chi connectivity index (χ3v) is 4.61. The Balaban J connectivity index is 1.92. The monoisotopic (exact) mass is 351 g/mol. The second-order valence-corrected chi connectivity index (χ2v) is 6.57. The van der Waals surface area contributed by atoms with Crippen molar-refractivity contribution in [2.45, 2.75) is 39.5 Å². The molecule has 1 heterocycles. The molecule has 0 atom stereocenters. The van der Waals surface area contributed by atoms with Crippen LogP contribution in [0.15, 0.2) is 18.2 Å². The van der Waals surface area contributed by atoms with Crippen LogP contribution in [0.4, 0.5) is 11.4 Å². The Morgan fingerprint density at radius 3 is 2.46 bits per heavy atom. The smallest absolute Gasteiger partial charge is 0.224 e. The molecule has 6 heteroatoms. The lowest BCUT2D eigenvalue weighted by atomic mass is 10.2. The number of hydrogen-bond donors (Lipinski definition) is 1. The van der Waals surface area contributed by atoms with Gasteiger partial charge in [-0.15, -0.1) is 0 Å². The normalized spacial score (nSPS) is 14.6. The zero-order valence-corrected chi connectivity index (χ0v) is 15.2. The highest BCUT2D eigenvalue weighted by Crippen LogP contribution is 2.29. The van der Waals surface area contributed by atoms with Crippen LogP contribution in [0.1, 0.15) is 39.5 Å². The van der Waals surface area contributed by atoms with Crippen molar-refractivity contribution in [1.82, 2.24) is 4.90 Å². The number of nitrogens with zero attached hydrogens (tertiary/aromatic N) is 2. The summed E-state index contributed by atoms with van der Waals surface area (Å²) in [5.74, 6) is 0.143. The Labute approximate surface area is 149 Å². The van der Waals surface area contributed by atoms with Gasteiger partial charge >= 0.3 is 0 Å². The Morgan fingerprint density at radius 1 is 1.17 bits per heavy atom. The number of benzene rings is 1. The van der Waals surface area contributed by atoms with E-state index in [0.29, 0.717) is 24.5 Å². The summed E-state index contributed by atoms with van der Waals surface area (Å²) in [6.07, 6.45) is 3.62. The molecule has 0 aliphatic carbocycles. The first-order valence-corrected chi connectivity index (χ1v) is 8.99. The minimum atomic E-state index is 0.0299. The summed E-state index contributed by atoms with van der Waals surface area (Å²) >= 11 is 6.40. The van der Waals surface area contributed by atoms with Crippen LogP contribution in [-0.4, -0.2) is 42.9 Å². The first kappa shape index (κ1) is 18.6. The van der Waals surface area contributed by atoms with E-state index in [0.717, 1.165) is 43.7 Å². The standard InChI is InChI=1S/C18H26ClN3O2/c1-3-4-5-6-18(24)20-15-7-8-17(16(19)13-15)22-11-9-21(10-12-22)14(2)23/h7-8,13H,3-6,9-12H2,1-2H3,(H,20,24). The average molecular weight is 352 g/mol. The van der Waals surface area contributed by atoms with Crippen molar-refractivity contribution in [3.63, 3.8) is 0 Å². The second-order valence-electron chi connectivity index (χ2n) is 6.16. The molecule has 0 spiro atoms. The minimum absolute atomic E-state index is 0.0299. The summed E-state index contributed by atoms with van der Waals surface area (Å²) in [6.45, 7) is 6.67. The maximum Gasteiger partial charge on any atom is 0.224 e. The molecule has 0 bridgehead atoms. The Kier molecular flexibility index (Phi) is 6.91. The van der Waals surface area contributed by atoms with E-state index in [1.807, 2.05) is 17.0 Å². The fourth-order valence-electron chi connectivity index (χ4n) is 2.86. The predicted molar refractivity (Wildman–Crippen MR) is 98.7 cm³/mol. The molecule has 1 saturated heterocycles. The number of unbranched alkanes of at least 4 members (excludes halogenated alkanes) is 2. The van der Waals surface area contributed by atoms with Crippen LogP contribution in [0.5, 0.6) is 0 Å². The molecule has 1 aliphatic heterocycles. The van der Waals surface area contributed by atoms with Gasteiger partial charge < -0.3 is 15.1 Å². The van der Waals surface area contributed by atoms with E-state index in [1.54, 1.807) is 13.0 Å². The molecule has 2 rings (SSSR count). The van der Waals surface area contributed by atoms with Crippen LogP contribution in [0.2, 0.25) is 5.02 Å². The quantitative estimate of drug-likeness (QED) is 0.798. The summed E-state index contributed by atoms with van der Waals surface area (Å²) in [5.41, 5.74) is 1.68. The summed E-state index contributed by atoms with van der Waals surface area (Å²) < 4.78 is 0. The fourth-order valence-corrected chi connectivity index (χ4v) is 3.16. The van der Waals surface area contributed by atoms with Crippen LogP contribution >= 0.6 is 11.6 Å². The van der Waals surface area contributed by atoms with Crippen molar-refractivity contribution < 1.29 is 9.59 Å². The molecule has 0 unspecified atom stereocenters. The van der Waals surface area contributed by atoms with E-state index in [9.17, 15) is 9.59 Å². The zero-order valence-electron chi connectivity index (χ0n) is 14.5. The summed E-state index contributed by atoms with van der Waals surface area (Å²) in [4.78, 5) is 27.3. The molecule has 0 saturated carbocycles. The minimum Gasteiger partial charge on any atom is -0.367 e. The Hall–Kier alpha value is -1.75. The first-order chi connectivity index (χ1) is 11.5. The Bertz CT molecular complexity index is 584. The largest absolute Gasteiger partial charge is 0.367 e. The third-order valence-electron chi connectivity index (χ3n) is 4.30. The lowest BCUT2D eigenvalue weighted by Gasteiger charge is -2.36. The van der Waals surface area contributed by atoms with E-state index >= 15 is 0 Å². The second kappa shape index (κ2) is 8.92. The summed E-state index contributed by atoms with van der Waals surface area (Å²) in [7, 11) is 0. The van der Waals surface area contributed by atoms with Gasteiger partial charge in [-0.05, 0) is 24.6 Å². The van der Waals surface area contributed by atoms with Crippen LogP contribution in [0.25, 0.3) is 0 Å². The van der Waals surface area contributed by atoms with Crippen LogP contribution in [0, 0.1) is 0 Å². The number of carbonyl (C=O) groups excluding carboxylic acids is 2. The number of nitrogens with one attached hydrogen (secondary N) is 1. The first-order valence-electron chi connectivity index (χ1n) is 8.61. The van der Waals surface area contributed by atoms with Gasteiger partial charge in [0.25, 0.3) is 0 Å². The van der Waals surface area contributed by atoms with Crippen molar-refractivity contribution in [1.29, 1.82) is 0 Å². The number of amides is 2. The van der Waals surface area contributed by atoms with Gasteiger partial charge in [-0.25, -0.2) is 0 Å². The van der Waals surface area contributed by atoms with Gasteiger partial charge in [0.2, 0.25) is 11.8 Å². The SMILES string of the molecule is CCCCCC(=O)Nc1ccc(N2CCN(C(C)=O)CC2)c(Cl)c1. The van der Waals surface area contributed by atoms with Gasteiger partial charge in [0.05, 0.1) is 10.7 Å². The van der Waals surface area contributed by atoms with E-state index in [-0.39, 0.29) is 11.8 Å². The van der Waals surface area contributed by atoms with Crippen LogP contribution in [0.3, 0.4) is 0 Å². The van der Waals surface area contributed by atoms with Crippen molar-refractivity contribution in [3.05, 3.63) is 23.2 Å². The lowest BCUT2D eigenvalue weighted by molar-refractivity contribution is -0.129. The maximum atomic E-state index is 11.9. The maximum absolute atomic E-state index is 11.9. The van der Waals surface area contributed by atoms with Crippen molar-refractivity contribution >= 4 is 34.8 Å². The van der Waals surface area contributed by atoms with Crippen molar-refractivity contribution in [2.75, 3.05) is 36.4 Å². The van der Waals surface area contributed by atoms with Gasteiger partial charge in [0, 0.05) is 45.2 Å². The van der Waals surface area contributed by atoms with Crippen molar-refractivity contribution in [3.8, 4) is 0 Å². The summed E-state index contributed by atoms with van der Waals surface area (Å²) in [5, 5.41) is 3.52. The zero-order chi connectivity index (χ0) is 17.5. The predicted octanol–water partition coefficient (Wildman–Crippen LogP) is 3.53.